The first-order valence-electron chi connectivity index (χ1n) is 7.21. The number of thiazole rings is 1. The van der Waals surface area contributed by atoms with Gasteiger partial charge >= 0.3 is 0 Å². The summed E-state index contributed by atoms with van der Waals surface area (Å²) in [4.78, 5) is 5.97. The molecule has 0 radical (unpaired) electrons. The van der Waals surface area contributed by atoms with Crippen molar-refractivity contribution in [3.8, 4) is 16.6 Å². The Bertz CT molecular complexity index is 566. The number of ether oxygens (including phenoxy) is 1. The highest BCUT2D eigenvalue weighted by atomic mass is 32.1. The number of nitrogens with one attached hydrogen (secondary N) is 1. The third-order valence-electron chi connectivity index (χ3n) is 3.02. The second kappa shape index (κ2) is 7.47. The van der Waals surface area contributed by atoms with Gasteiger partial charge in [0.05, 0.1) is 12.8 Å². The largest absolute Gasteiger partial charge is 0.480 e. The van der Waals surface area contributed by atoms with Gasteiger partial charge in [0.2, 0.25) is 5.88 Å². The molecule has 1 N–H and O–H groups in total. The van der Waals surface area contributed by atoms with E-state index in [1.165, 1.54) is 4.88 Å². The van der Waals surface area contributed by atoms with E-state index in [2.05, 4.69) is 41.3 Å². The summed E-state index contributed by atoms with van der Waals surface area (Å²) in [7, 11) is 1.58. The lowest BCUT2D eigenvalue weighted by Crippen LogP contribution is -2.18. The molecule has 2 heterocycles. The van der Waals surface area contributed by atoms with Gasteiger partial charge in [0.15, 0.2) is 0 Å². The highest BCUT2D eigenvalue weighted by Gasteiger charge is 2.12. The standard InChI is InChI=1S/C15H22N4OS/c1-5-11-13(9-16-8-10(2)3)21-15(17-11)12-6-7-14(20-4)19-18-12/h6-7,10,16H,5,8-9H2,1-4H3. The molecule has 0 atom stereocenters. The normalized spacial score (nSPS) is 11.1. The Kier molecular flexibility index (Phi) is 5.64. The molecule has 0 bridgehead atoms. The van der Waals surface area contributed by atoms with Crippen LogP contribution in [-0.4, -0.2) is 28.8 Å². The third-order valence-corrected chi connectivity index (χ3v) is 4.14. The summed E-state index contributed by atoms with van der Waals surface area (Å²) in [5, 5.41) is 12.6. The van der Waals surface area contributed by atoms with Crippen LogP contribution in [0.15, 0.2) is 12.1 Å². The van der Waals surface area contributed by atoms with Gasteiger partial charge in [-0.1, -0.05) is 20.8 Å². The molecule has 0 aromatic carbocycles. The van der Waals surface area contributed by atoms with E-state index in [1.54, 1.807) is 18.4 Å². The summed E-state index contributed by atoms with van der Waals surface area (Å²) in [6.45, 7) is 8.42. The third kappa shape index (κ3) is 4.22. The van der Waals surface area contributed by atoms with Crippen LogP contribution in [0.1, 0.15) is 31.3 Å². The summed E-state index contributed by atoms with van der Waals surface area (Å²) in [5.74, 6) is 1.17. The fourth-order valence-electron chi connectivity index (χ4n) is 1.92. The van der Waals surface area contributed by atoms with E-state index >= 15 is 0 Å². The average Bonchev–Trinajstić information content (AvgIpc) is 2.90. The lowest BCUT2D eigenvalue weighted by atomic mass is 10.2. The summed E-state index contributed by atoms with van der Waals surface area (Å²) in [6, 6.07) is 3.71. The van der Waals surface area contributed by atoms with E-state index in [1.807, 2.05) is 12.1 Å². The highest BCUT2D eigenvalue weighted by molar-refractivity contribution is 7.15. The van der Waals surface area contributed by atoms with Crippen molar-refractivity contribution in [1.82, 2.24) is 20.5 Å². The molecular weight excluding hydrogens is 284 g/mol. The molecular formula is C15H22N4OS. The van der Waals surface area contributed by atoms with Gasteiger partial charge in [-0.15, -0.1) is 21.5 Å². The van der Waals surface area contributed by atoms with Crippen molar-refractivity contribution in [3.05, 3.63) is 22.7 Å². The number of hydrogen-bond acceptors (Lipinski definition) is 6. The monoisotopic (exact) mass is 306 g/mol. The smallest absolute Gasteiger partial charge is 0.233 e. The van der Waals surface area contributed by atoms with Gasteiger partial charge < -0.3 is 10.1 Å². The lowest BCUT2D eigenvalue weighted by Gasteiger charge is -2.06. The molecule has 2 aromatic rings. The second-order valence-electron chi connectivity index (χ2n) is 5.23. The van der Waals surface area contributed by atoms with Crippen LogP contribution in [0.4, 0.5) is 0 Å². The summed E-state index contributed by atoms with van der Waals surface area (Å²) >= 11 is 1.69. The predicted molar refractivity (Wildman–Crippen MR) is 85.6 cm³/mol. The van der Waals surface area contributed by atoms with E-state index in [0.29, 0.717) is 11.8 Å². The number of nitrogens with zero attached hydrogens (tertiary/aromatic N) is 3. The minimum absolute atomic E-state index is 0.518. The van der Waals surface area contributed by atoms with Crippen molar-refractivity contribution in [2.24, 2.45) is 5.92 Å². The van der Waals surface area contributed by atoms with E-state index in [9.17, 15) is 0 Å². The molecule has 2 rings (SSSR count). The molecule has 0 aliphatic heterocycles. The second-order valence-corrected chi connectivity index (χ2v) is 6.31. The maximum atomic E-state index is 5.03. The number of aromatic nitrogens is 3. The molecule has 0 aliphatic carbocycles. The Morgan fingerprint density at radius 1 is 1.29 bits per heavy atom. The zero-order valence-corrected chi connectivity index (χ0v) is 13.8. The maximum absolute atomic E-state index is 5.03. The van der Waals surface area contributed by atoms with Crippen LogP contribution in [0.3, 0.4) is 0 Å². The zero-order chi connectivity index (χ0) is 15.2. The average molecular weight is 306 g/mol. The molecule has 6 heteroatoms. The molecule has 0 aliphatic rings. The Labute approximate surface area is 129 Å². The zero-order valence-electron chi connectivity index (χ0n) is 13.0. The minimum atomic E-state index is 0.518. The molecule has 0 saturated carbocycles. The summed E-state index contributed by atoms with van der Waals surface area (Å²) < 4.78 is 5.03. The first-order valence-corrected chi connectivity index (χ1v) is 8.03. The van der Waals surface area contributed by atoms with Crippen LogP contribution in [0.25, 0.3) is 10.7 Å². The molecule has 114 valence electrons. The van der Waals surface area contributed by atoms with Gasteiger partial charge in [-0.25, -0.2) is 4.98 Å². The lowest BCUT2D eigenvalue weighted by molar-refractivity contribution is 0.392. The van der Waals surface area contributed by atoms with Crippen molar-refractivity contribution >= 4 is 11.3 Å². The summed E-state index contributed by atoms with van der Waals surface area (Å²) in [5.41, 5.74) is 1.94. The van der Waals surface area contributed by atoms with Gasteiger partial charge in [-0.05, 0) is 24.9 Å². The molecule has 0 saturated heterocycles. The number of rotatable bonds is 7. The van der Waals surface area contributed by atoms with Gasteiger partial charge in [0.1, 0.15) is 10.7 Å². The Morgan fingerprint density at radius 2 is 2.10 bits per heavy atom. The molecule has 0 amide bonds. The first-order chi connectivity index (χ1) is 10.1. The van der Waals surface area contributed by atoms with Gasteiger partial charge in [0.25, 0.3) is 0 Å². The van der Waals surface area contributed by atoms with Crippen molar-refractivity contribution in [2.75, 3.05) is 13.7 Å². The molecule has 0 unspecified atom stereocenters. The minimum Gasteiger partial charge on any atom is -0.480 e. The van der Waals surface area contributed by atoms with E-state index < -0.39 is 0 Å². The van der Waals surface area contributed by atoms with Crippen LogP contribution >= 0.6 is 11.3 Å². The molecule has 0 fully saturated rings. The Hall–Kier alpha value is -1.53. The summed E-state index contributed by atoms with van der Waals surface area (Å²) in [6.07, 6.45) is 0.929. The van der Waals surface area contributed by atoms with Crippen LogP contribution in [0, 0.1) is 5.92 Å². The molecule has 21 heavy (non-hydrogen) atoms. The molecule has 5 nitrogen and oxygen atoms in total. The number of aryl methyl sites for hydroxylation is 1. The predicted octanol–water partition coefficient (Wildman–Crippen LogP) is 2.92. The van der Waals surface area contributed by atoms with Crippen LogP contribution in [-0.2, 0) is 13.0 Å². The Morgan fingerprint density at radius 3 is 2.67 bits per heavy atom. The molecule has 0 spiro atoms. The van der Waals surface area contributed by atoms with Crippen molar-refractivity contribution < 1.29 is 4.74 Å². The van der Waals surface area contributed by atoms with E-state index in [-0.39, 0.29) is 0 Å². The quantitative estimate of drug-likeness (QED) is 0.852. The number of methoxy groups -OCH3 is 1. The van der Waals surface area contributed by atoms with Gasteiger partial charge in [-0.3, -0.25) is 0 Å². The van der Waals surface area contributed by atoms with Gasteiger partial charge in [-0.2, -0.15) is 0 Å². The fourth-order valence-corrected chi connectivity index (χ4v) is 3.01. The fraction of sp³-hybridized carbons (Fsp3) is 0.533. The number of hydrogen-bond donors (Lipinski definition) is 1. The first kappa shape index (κ1) is 15.9. The van der Waals surface area contributed by atoms with Crippen LogP contribution in [0.5, 0.6) is 5.88 Å². The van der Waals surface area contributed by atoms with Crippen molar-refractivity contribution in [2.45, 2.75) is 33.7 Å². The van der Waals surface area contributed by atoms with Gasteiger partial charge in [0, 0.05) is 17.5 Å². The highest BCUT2D eigenvalue weighted by Crippen LogP contribution is 2.27. The van der Waals surface area contributed by atoms with Crippen molar-refractivity contribution in [1.29, 1.82) is 0 Å². The Balaban J connectivity index is 2.14. The van der Waals surface area contributed by atoms with Crippen molar-refractivity contribution in [3.63, 3.8) is 0 Å². The SMILES string of the molecule is CCc1nc(-c2ccc(OC)nn2)sc1CNCC(C)C. The van der Waals surface area contributed by atoms with Crippen LogP contribution in [0.2, 0.25) is 0 Å². The van der Waals surface area contributed by atoms with E-state index in [0.717, 1.165) is 35.9 Å². The maximum Gasteiger partial charge on any atom is 0.233 e. The topological polar surface area (TPSA) is 59.9 Å². The van der Waals surface area contributed by atoms with E-state index in [4.69, 9.17) is 4.74 Å². The van der Waals surface area contributed by atoms with Crippen LogP contribution < -0.4 is 10.1 Å². The molecule has 2 aromatic heterocycles.